The topological polar surface area (TPSA) is 82.5 Å². The highest BCUT2D eigenvalue weighted by Crippen LogP contribution is 2.21. The van der Waals surface area contributed by atoms with E-state index in [1.165, 1.54) is 4.90 Å². The van der Waals surface area contributed by atoms with Crippen LogP contribution in [0.25, 0.3) is 0 Å². The van der Waals surface area contributed by atoms with Gasteiger partial charge < -0.3 is 15.3 Å². The summed E-state index contributed by atoms with van der Waals surface area (Å²) in [6.45, 7) is 2.42. The molecule has 2 rings (SSSR count). The maximum Gasteiger partial charge on any atom is 0.407 e. The van der Waals surface area contributed by atoms with Gasteiger partial charge in [-0.1, -0.05) is 6.08 Å². The van der Waals surface area contributed by atoms with Gasteiger partial charge in [0.05, 0.1) is 11.0 Å². The number of rotatable bonds is 2. The Morgan fingerprint density at radius 2 is 2.25 bits per heavy atom. The average Bonchev–Trinajstić information content (AvgIpc) is 2.42. The Kier molecular flexibility index (Phi) is 4.39. The second-order valence-electron chi connectivity index (χ2n) is 4.52. The van der Waals surface area contributed by atoms with E-state index in [2.05, 4.69) is 26.2 Å². The van der Waals surface area contributed by atoms with Gasteiger partial charge in [0.15, 0.2) is 0 Å². The highest BCUT2D eigenvalue weighted by atomic mass is 79.9. The number of pyridine rings is 1. The monoisotopic (exact) mass is 339 g/mol. The van der Waals surface area contributed by atoms with Crippen molar-refractivity contribution in [3.05, 3.63) is 33.9 Å². The molecule has 2 N–H and O–H groups in total. The summed E-state index contributed by atoms with van der Waals surface area (Å²) in [4.78, 5) is 28.4. The lowest BCUT2D eigenvalue weighted by Gasteiger charge is -2.24. The Morgan fingerprint density at radius 1 is 1.50 bits per heavy atom. The van der Waals surface area contributed by atoms with Gasteiger partial charge >= 0.3 is 6.09 Å². The summed E-state index contributed by atoms with van der Waals surface area (Å²) in [6, 6.07) is 1.85. The zero-order chi connectivity index (χ0) is 14.7. The first-order chi connectivity index (χ1) is 9.47. The van der Waals surface area contributed by atoms with Crippen molar-refractivity contribution in [3.63, 3.8) is 0 Å². The fourth-order valence-corrected chi connectivity index (χ4v) is 2.45. The van der Waals surface area contributed by atoms with Crippen molar-refractivity contribution in [3.8, 4) is 0 Å². The quantitative estimate of drug-likeness (QED) is 0.866. The van der Waals surface area contributed by atoms with E-state index in [-0.39, 0.29) is 12.5 Å². The Morgan fingerprint density at radius 3 is 2.90 bits per heavy atom. The Balaban J connectivity index is 2.08. The number of carbonyl (C=O) groups is 2. The lowest BCUT2D eigenvalue weighted by atomic mass is 10.1. The summed E-state index contributed by atoms with van der Waals surface area (Å²) < 4.78 is 0.692. The van der Waals surface area contributed by atoms with E-state index in [1.54, 1.807) is 12.3 Å². The number of hydrogen-bond donors (Lipinski definition) is 2. The van der Waals surface area contributed by atoms with Crippen LogP contribution in [-0.4, -0.2) is 40.1 Å². The molecule has 0 saturated heterocycles. The minimum Gasteiger partial charge on any atom is -0.465 e. The van der Waals surface area contributed by atoms with Gasteiger partial charge in [0, 0.05) is 18.3 Å². The maximum atomic E-state index is 12.1. The number of halogens is 1. The van der Waals surface area contributed by atoms with E-state index >= 15 is 0 Å². The van der Waals surface area contributed by atoms with E-state index in [9.17, 15) is 9.59 Å². The van der Waals surface area contributed by atoms with Crippen LogP contribution in [0.3, 0.4) is 0 Å². The van der Waals surface area contributed by atoms with Crippen LogP contribution in [0.4, 0.5) is 10.6 Å². The van der Waals surface area contributed by atoms with Gasteiger partial charge in [-0.15, -0.1) is 0 Å². The van der Waals surface area contributed by atoms with Crippen LogP contribution in [0.1, 0.15) is 12.0 Å². The number of amides is 2. The third kappa shape index (κ3) is 3.36. The van der Waals surface area contributed by atoms with Gasteiger partial charge in [0.2, 0.25) is 0 Å². The first-order valence-electron chi connectivity index (χ1n) is 6.08. The predicted molar refractivity (Wildman–Crippen MR) is 77.6 cm³/mol. The molecule has 0 unspecified atom stereocenters. The summed E-state index contributed by atoms with van der Waals surface area (Å²) >= 11 is 3.33. The summed E-state index contributed by atoms with van der Waals surface area (Å²) in [5.41, 5.74) is 1.41. The lowest BCUT2D eigenvalue weighted by molar-refractivity contribution is -0.113. The third-order valence-corrected chi connectivity index (χ3v) is 3.53. The van der Waals surface area contributed by atoms with Crippen LogP contribution in [0, 0.1) is 6.92 Å². The van der Waals surface area contributed by atoms with Crippen LogP contribution in [-0.2, 0) is 4.79 Å². The molecule has 0 radical (unpaired) electrons. The molecule has 6 nitrogen and oxygen atoms in total. The molecule has 0 aliphatic carbocycles. The highest BCUT2D eigenvalue weighted by Gasteiger charge is 2.22. The number of hydrogen-bond acceptors (Lipinski definition) is 3. The van der Waals surface area contributed by atoms with Gasteiger partial charge in [0.25, 0.3) is 5.91 Å². The maximum absolute atomic E-state index is 12.1. The number of carbonyl (C=O) groups excluding carboxylic acids is 1. The van der Waals surface area contributed by atoms with Gasteiger partial charge in [-0.3, -0.25) is 4.79 Å². The van der Waals surface area contributed by atoms with E-state index in [1.807, 2.05) is 13.0 Å². The van der Waals surface area contributed by atoms with E-state index in [4.69, 9.17) is 5.11 Å². The fourth-order valence-electron chi connectivity index (χ4n) is 1.88. The zero-order valence-corrected chi connectivity index (χ0v) is 12.5. The largest absolute Gasteiger partial charge is 0.465 e. The van der Waals surface area contributed by atoms with Gasteiger partial charge in [-0.2, -0.15) is 0 Å². The number of nitrogens with one attached hydrogen (secondary N) is 1. The molecule has 1 aromatic rings. The molecule has 20 heavy (non-hydrogen) atoms. The van der Waals surface area contributed by atoms with Crippen LogP contribution in [0.15, 0.2) is 28.4 Å². The molecular formula is C13H14BrN3O3. The highest BCUT2D eigenvalue weighted by molar-refractivity contribution is 9.10. The van der Waals surface area contributed by atoms with Crippen molar-refractivity contribution in [1.29, 1.82) is 0 Å². The molecule has 106 valence electrons. The molecule has 1 aromatic heterocycles. The molecule has 0 spiro atoms. The van der Waals surface area contributed by atoms with E-state index < -0.39 is 6.09 Å². The number of anilines is 1. The number of aromatic nitrogens is 1. The molecular weight excluding hydrogens is 326 g/mol. The second kappa shape index (κ2) is 6.04. The van der Waals surface area contributed by atoms with E-state index in [0.29, 0.717) is 28.8 Å². The normalized spacial score (nSPS) is 14.7. The minimum atomic E-state index is -1.02. The molecule has 7 heteroatoms. The molecule has 0 aromatic carbocycles. The van der Waals surface area contributed by atoms with Gasteiger partial charge in [-0.25, -0.2) is 9.78 Å². The standard InChI is InChI=1S/C13H14BrN3O3/c1-8-5-10(14)11(15-6-8)16-12(18)9-3-2-4-17(7-9)13(19)20/h3,5-6H,2,4,7H2,1H3,(H,19,20)(H,15,16,18). The predicted octanol–water partition coefficient (Wildman–Crippen LogP) is 2.40. The van der Waals surface area contributed by atoms with Gasteiger partial charge in [-0.05, 0) is 40.9 Å². The molecule has 1 aliphatic rings. The SMILES string of the molecule is Cc1cnc(NC(=O)C2=CCCN(C(=O)O)C2)c(Br)c1. The molecule has 0 saturated carbocycles. The number of aryl methyl sites for hydroxylation is 1. The molecule has 0 bridgehead atoms. The second-order valence-corrected chi connectivity index (χ2v) is 5.37. The van der Waals surface area contributed by atoms with Crippen molar-refractivity contribution in [2.24, 2.45) is 0 Å². The Labute approximate surface area is 124 Å². The Hall–Kier alpha value is -1.89. The number of carboxylic acid groups (broad SMARTS) is 1. The van der Waals surface area contributed by atoms with Crippen LogP contribution in [0.5, 0.6) is 0 Å². The molecule has 0 fully saturated rings. The summed E-state index contributed by atoms with van der Waals surface area (Å²) in [6.07, 6.45) is 2.94. The average molecular weight is 340 g/mol. The molecule has 2 heterocycles. The van der Waals surface area contributed by atoms with Crippen LogP contribution in [0.2, 0.25) is 0 Å². The van der Waals surface area contributed by atoms with Crippen molar-refractivity contribution in [2.45, 2.75) is 13.3 Å². The van der Waals surface area contributed by atoms with Crippen LogP contribution < -0.4 is 5.32 Å². The lowest BCUT2D eigenvalue weighted by Crippen LogP contribution is -2.37. The molecule has 2 amide bonds. The van der Waals surface area contributed by atoms with Crippen molar-refractivity contribution >= 4 is 33.7 Å². The fraction of sp³-hybridized carbons (Fsp3) is 0.308. The summed E-state index contributed by atoms with van der Waals surface area (Å²) in [7, 11) is 0. The smallest absolute Gasteiger partial charge is 0.407 e. The van der Waals surface area contributed by atoms with E-state index in [0.717, 1.165) is 5.56 Å². The van der Waals surface area contributed by atoms with Gasteiger partial charge in [0.1, 0.15) is 5.82 Å². The van der Waals surface area contributed by atoms with Crippen molar-refractivity contribution in [2.75, 3.05) is 18.4 Å². The van der Waals surface area contributed by atoms with Crippen LogP contribution >= 0.6 is 15.9 Å². The zero-order valence-electron chi connectivity index (χ0n) is 10.9. The van der Waals surface area contributed by atoms with Crippen molar-refractivity contribution in [1.82, 2.24) is 9.88 Å². The summed E-state index contributed by atoms with van der Waals surface area (Å²) in [5, 5.41) is 11.6. The first-order valence-corrected chi connectivity index (χ1v) is 6.87. The molecule has 0 atom stereocenters. The minimum absolute atomic E-state index is 0.102. The third-order valence-electron chi connectivity index (χ3n) is 2.92. The van der Waals surface area contributed by atoms with Crippen molar-refractivity contribution < 1.29 is 14.7 Å². The first kappa shape index (κ1) is 14.5. The summed E-state index contributed by atoms with van der Waals surface area (Å²) in [5.74, 6) is 0.0990. The number of nitrogens with zero attached hydrogens (tertiary/aromatic N) is 2. The molecule has 1 aliphatic heterocycles. The Bertz CT molecular complexity index is 586.